The molecular formula is C21H20ClN3O3. The van der Waals surface area contributed by atoms with Gasteiger partial charge >= 0.3 is 6.03 Å². The molecule has 2 aromatic carbocycles. The molecule has 2 aromatic rings. The molecule has 1 atom stereocenters. The predicted molar refractivity (Wildman–Crippen MR) is 105 cm³/mol. The fraction of sp³-hybridized carbons (Fsp3) is 0.286. The van der Waals surface area contributed by atoms with Gasteiger partial charge in [-0.25, -0.2) is 4.79 Å². The molecule has 144 valence electrons. The van der Waals surface area contributed by atoms with Crippen molar-refractivity contribution in [1.29, 1.82) is 0 Å². The minimum Gasteiger partial charge on any atom is -0.340 e. The molecule has 7 heteroatoms. The molecule has 4 amide bonds. The SMILES string of the molecule is CN(Cc1ccccc1Cl)C(=O)CN1C(=O)NC2(CCc3ccccc32)C1=O. The number of imide groups is 1. The van der Waals surface area contributed by atoms with Crippen molar-refractivity contribution in [3.8, 4) is 0 Å². The van der Waals surface area contributed by atoms with Crippen molar-refractivity contribution >= 4 is 29.4 Å². The maximum Gasteiger partial charge on any atom is 0.325 e. The standard InChI is InChI=1S/C21H20ClN3O3/c1-24(12-15-7-3-5-9-17(15)22)18(26)13-25-19(27)21(23-20(25)28)11-10-14-6-2-4-8-16(14)21/h2-9H,10-13H2,1H3,(H,23,28). The topological polar surface area (TPSA) is 69.7 Å². The Bertz CT molecular complexity index is 977. The molecule has 4 rings (SSSR count). The quantitative estimate of drug-likeness (QED) is 0.806. The number of likely N-dealkylation sites (N-methyl/N-ethyl adjacent to an activating group) is 1. The molecule has 1 N–H and O–H groups in total. The van der Waals surface area contributed by atoms with E-state index in [1.54, 1.807) is 13.1 Å². The lowest BCUT2D eigenvalue weighted by Crippen LogP contribution is -2.44. The van der Waals surface area contributed by atoms with E-state index in [0.717, 1.165) is 28.0 Å². The summed E-state index contributed by atoms with van der Waals surface area (Å²) in [5.41, 5.74) is 1.64. The van der Waals surface area contributed by atoms with Crippen molar-refractivity contribution in [3.63, 3.8) is 0 Å². The fourth-order valence-electron chi connectivity index (χ4n) is 3.96. The lowest BCUT2D eigenvalue weighted by Gasteiger charge is -2.23. The van der Waals surface area contributed by atoms with Gasteiger partial charge in [-0.3, -0.25) is 14.5 Å². The molecule has 1 saturated heterocycles. The summed E-state index contributed by atoms with van der Waals surface area (Å²) in [6, 6.07) is 14.3. The third-order valence-electron chi connectivity index (χ3n) is 5.51. The van der Waals surface area contributed by atoms with E-state index in [0.29, 0.717) is 18.0 Å². The third-order valence-corrected chi connectivity index (χ3v) is 5.88. The number of hydrogen-bond donors (Lipinski definition) is 1. The summed E-state index contributed by atoms with van der Waals surface area (Å²) in [4.78, 5) is 40.8. The van der Waals surface area contributed by atoms with Crippen LogP contribution in [0, 0.1) is 0 Å². The molecule has 1 aliphatic carbocycles. The summed E-state index contributed by atoms with van der Waals surface area (Å²) in [7, 11) is 1.63. The molecule has 28 heavy (non-hydrogen) atoms. The molecule has 0 radical (unpaired) electrons. The monoisotopic (exact) mass is 397 g/mol. The average molecular weight is 398 g/mol. The smallest absolute Gasteiger partial charge is 0.325 e. The van der Waals surface area contributed by atoms with Crippen LogP contribution < -0.4 is 5.32 Å². The van der Waals surface area contributed by atoms with Crippen molar-refractivity contribution < 1.29 is 14.4 Å². The van der Waals surface area contributed by atoms with Gasteiger partial charge in [0.15, 0.2) is 0 Å². The van der Waals surface area contributed by atoms with Crippen LogP contribution in [0.4, 0.5) is 4.79 Å². The second kappa shape index (κ2) is 6.95. The zero-order chi connectivity index (χ0) is 19.9. The number of hydrogen-bond acceptors (Lipinski definition) is 3. The summed E-state index contributed by atoms with van der Waals surface area (Å²) in [6.07, 6.45) is 1.23. The number of carbonyl (C=O) groups excluding carboxylic acids is 3. The van der Waals surface area contributed by atoms with Gasteiger partial charge in [-0.05, 0) is 35.6 Å². The van der Waals surface area contributed by atoms with Crippen LogP contribution >= 0.6 is 11.6 Å². The number of amides is 4. The molecular weight excluding hydrogens is 378 g/mol. The second-order valence-electron chi connectivity index (χ2n) is 7.23. The van der Waals surface area contributed by atoms with Crippen molar-refractivity contribution in [2.24, 2.45) is 0 Å². The van der Waals surface area contributed by atoms with Crippen LogP contribution in [0.1, 0.15) is 23.1 Å². The van der Waals surface area contributed by atoms with Crippen molar-refractivity contribution in [2.75, 3.05) is 13.6 Å². The summed E-state index contributed by atoms with van der Waals surface area (Å²) in [5.74, 6) is -0.686. The van der Waals surface area contributed by atoms with E-state index in [1.807, 2.05) is 42.5 Å². The maximum atomic E-state index is 13.1. The van der Waals surface area contributed by atoms with E-state index < -0.39 is 11.6 Å². The first-order chi connectivity index (χ1) is 13.4. The molecule has 1 heterocycles. The lowest BCUT2D eigenvalue weighted by molar-refractivity contribution is -0.138. The van der Waals surface area contributed by atoms with Gasteiger partial charge in [-0.1, -0.05) is 54.1 Å². The highest BCUT2D eigenvalue weighted by Crippen LogP contribution is 2.41. The van der Waals surface area contributed by atoms with Crippen LogP contribution in [0.3, 0.4) is 0 Å². The Labute approximate surface area is 168 Å². The van der Waals surface area contributed by atoms with Gasteiger partial charge in [0, 0.05) is 18.6 Å². The molecule has 1 spiro atoms. The highest BCUT2D eigenvalue weighted by atomic mass is 35.5. The van der Waals surface area contributed by atoms with Crippen molar-refractivity contribution in [2.45, 2.75) is 24.9 Å². The van der Waals surface area contributed by atoms with Gasteiger partial charge in [-0.15, -0.1) is 0 Å². The van der Waals surface area contributed by atoms with Gasteiger partial charge < -0.3 is 10.2 Å². The van der Waals surface area contributed by atoms with E-state index in [2.05, 4.69) is 5.32 Å². The fourth-order valence-corrected chi connectivity index (χ4v) is 4.15. The van der Waals surface area contributed by atoms with Gasteiger partial charge in [0.05, 0.1) is 0 Å². The minimum absolute atomic E-state index is 0.296. The number of benzene rings is 2. The average Bonchev–Trinajstić information content (AvgIpc) is 3.17. The van der Waals surface area contributed by atoms with Crippen LogP contribution in [-0.4, -0.2) is 41.2 Å². The first-order valence-corrected chi connectivity index (χ1v) is 9.50. The highest BCUT2D eigenvalue weighted by molar-refractivity contribution is 6.31. The number of nitrogens with one attached hydrogen (secondary N) is 1. The first kappa shape index (κ1) is 18.5. The number of rotatable bonds is 4. The van der Waals surface area contributed by atoms with Gasteiger partial charge in [0.1, 0.15) is 12.1 Å². The molecule has 1 aliphatic heterocycles. The van der Waals surface area contributed by atoms with E-state index in [4.69, 9.17) is 11.6 Å². The number of urea groups is 1. The molecule has 6 nitrogen and oxygen atoms in total. The normalized spacial score (nSPS) is 20.4. The van der Waals surface area contributed by atoms with Crippen LogP contribution in [0.2, 0.25) is 5.02 Å². The summed E-state index contributed by atoms with van der Waals surface area (Å²) < 4.78 is 0. The van der Waals surface area contributed by atoms with Gasteiger partial charge in [0.25, 0.3) is 5.91 Å². The minimum atomic E-state index is -1.05. The third kappa shape index (κ3) is 2.94. The van der Waals surface area contributed by atoms with E-state index in [-0.39, 0.29) is 18.4 Å². The number of carbonyl (C=O) groups is 3. The van der Waals surface area contributed by atoms with Crippen LogP contribution in [-0.2, 0) is 28.1 Å². The first-order valence-electron chi connectivity index (χ1n) is 9.12. The Morgan fingerprint density at radius 1 is 1.18 bits per heavy atom. The molecule has 1 fully saturated rings. The zero-order valence-electron chi connectivity index (χ0n) is 15.4. The van der Waals surface area contributed by atoms with Crippen LogP contribution in [0.25, 0.3) is 0 Å². The van der Waals surface area contributed by atoms with E-state index in [9.17, 15) is 14.4 Å². The van der Waals surface area contributed by atoms with Crippen molar-refractivity contribution in [3.05, 3.63) is 70.2 Å². The summed E-state index contributed by atoms with van der Waals surface area (Å²) in [5, 5.41) is 3.40. The second-order valence-corrected chi connectivity index (χ2v) is 7.63. The van der Waals surface area contributed by atoms with Crippen molar-refractivity contribution in [1.82, 2.24) is 15.1 Å². The maximum absolute atomic E-state index is 13.1. The lowest BCUT2D eigenvalue weighted by atomic mass is 9.92. The Morgan fingerprint density at radius 2 is 1.89 bits per heavy atom. The largest absolute Gasteiger partial charge is 0.340 e. The Hall–Kier alpha value is -2.86. The Balaban J connectivity index is 1.50. The molecule has 0 saturated carbocycles. The predicted octanol–water partition coefficient (Wildman–Crippen LogP) is 2.69. The van der Waals surface area contributed by atoms with Crippen LogP contribution in [0.5, 0.6) is 0 Å². The molecule has 2 aliphatic rings. The number of halogens is 1. The van der Waals surface area contributed by atoms with Gasteiger partial charge in [0.2, 0.25) is 5.91 Å². The van der Waals surface area contributed by atoms with Crippen LogP contribution in [0.15, 0.2) is 48.5 Å². The number of nitrogens with zero attached hydrogens (tertiary/aromatic N) is 2. The highest BCUT2D eigenvalue weighted by Gasteiger charge is 2.55. The molecule has 1 unspecified atom stereocenters. The van der Waals surface area contributed by atoms with E-state index in [1.165, 1.54) is 4.90 Å². The van der Waals surface area contributed by atoms with Gasteiger partial charge in [-0.2, -0.15) is 0 Å². The Morgan fingerprint density at radius 3 is 2.68 bits per heavy atom. The molecule has 0 bridgehead atoms. The summed E-state index contributed by atoms with van der Waals surface area (Å²) >= 11 is 6.15. The zero-order valence-corrected chi connectivity index (χ0v) is 16.2. The Kier molecular flexibility index (Phi) is 4.59. The van der Waals surface area contributed by atoms with E-state index >= 15 is 0 Å². The number of fused-ring (bicyclic) bond motifs is 2. The number of aryl methyl sites for hydroxylation is 1. The molecule has 0 aromatic heterocycles. The summed E-state index contributed by atoms with van der Waals surface area (Å²) in [6.45, 7) is 0.00562.